The summed E-state index contributed by atoms with van der Waals surface area (Å²) in [6, 6.07) is 15.2. The molecule has 0 unspecified atom stereocenters. The summed E-state index contributed by atoms with van der Waals surface area (Å²) in [4.78, 5) is 14.1. The molecule has 0 atom stereocenters. The molecule has 0 aromatic heterocycles. The van der Waals surface area contributed by atoms with E-state index in [4.69, 9.17) is 4.74 Å². The van der Waals surface area contributed by atoms with Gasteiger partial charge in [-0.3, -0.25) is 4.79 Å². The monoisotopic (exact) mass is 347 g/mol. The van der Waals surface area contributed by atoms with E-state index in [1.165, 1.54) is 0 Å². The summed E-state index contributed by atoms with van der Waals surface area (Å²) in [5, 5.41) is 0. The van der Waals surface area contributed by atoms with E-state index in [-0.39, 0.29) is 5.91 Å². The maximum absolute atomic E-state index is 12.4. The number of nitrogens with zero attached hydrogens (tertiary/aromatic N) is 1. The molecule has 0 radical (unpaired) electrons. The molecule has 0 aliphatic carbocycles. The lowest BCUT2D eigenvalue weighted by Crippen LogP contribution is -2.26. The SMILES string of the molecule is CCOc1ccc(CN(C)C(=O)c2cccc(Br)c2)cc1. The van der Waals surface area contributed by atoms with Crippen molar-refractivity contribution in [2.45, 2.75) is 13.5 Å². The molecule has 4 heteroatoms. The Morgan fingerprint density at radius 3 is 2.52 bits per heavy atom. The summed E-state index contributed by atoms with van der Waals surface area (Å²) in [7, 11) is 1.81. The first-order valence-electron chi connectivity index (χ1n) is 6.83. The number of hydrogen-bond acceptors (Lipinski definition) is 2. The van der Waals surface area contributed by atoms with Gasteiger partial charge in [0.1, 0.15) is 5.75 Å². The van der Waals surface area contributed by atoms with E-state index in [0.29, 0.717) is 18.7 Å². The molecule has 21 heavy (non-hydrogen) atoms. The van der Waals surface area contributed by atoms with Crippen molar-refractivity contribution < 1.29 is 9.53 Å². The molecule has 0 saturated heterocycles. The Labute approximate surface area is 133 Å². The number of carbonyl (C=O) groups excluding carboxylic acids is 1. The lowest BCUT2D eigenvalue weighted by Gasteiger charge is -2.17. The van der Waals surface area contributed by atoms with Crippen molar-refractivity contribution >= 4 is 21.8 Å². The Kier molecular flexibility index (Phi) is 5.39. The number of benzene rings is 2. The molecule has 1 amide bonds. The molecule has 0 aliphatic heterocycles. The Bertz CT molecular complexity index is 610. The van der Waals surface area contributed by atoms with Crippen molar-refractivity contribution in [3.05, 3.63) is 64.1 Å². The third-order valence-electron chi connectivity index (χ3n) is 3.07. The van der Waals surface area contributed by atoms with E-state index >= 15 is 0 Å². The van der Waals surface area contributed by atoms with Gasteiger partial charge in [0.2, 0.25) is 0 Å². The Morgan fingerprint density at radius 2 is 1.90 bits per heavy atom. The molecule has 2 aromatic carbocycles. The van der Waals surface area contributed by atoms with E-state index in [9.17, 15) is 4.79 Å². The van der Waals surface area contributed by atoms with Gasteiger partial charge in [-0.25, -0.2) is 0 Å². The maximum atomic E-state index is 12.4. The van der Waals surface area contributed by atoms with E-state index < -0.39 is 0 Å². The van der Waals surface area contributed by atoms with E-state index in [1.54, 1.807) is 11.9 Å². The van der Waals surface area contributed by atoms with Crippen LogP contribution in [0.3, 0.4) is 0 Å². The van der Waals surface area contributed by atoms with Crippen LogP contribution in [0.5, 0.6) is 5.75 Å². The summed E-state index contributed by atoms with van der Waals surface area (Å²) in [5.41, 5.74) is 1.75. The smallest absolute Gasteiger partial charge is 0.253 e. The molecule has 3 nitrogen and oxygen atoms in total. The summed E-state index contributed by atoms with van der Waals surface area (Å²) < 4.78 is 6.32. The van der Waals surface area contributed by atoms with Crippen LogP contribution in [0.2, 0.25) is 0 Å². The topological polar surface area (TPSA) is 29.5 Å². The molecule has 110 valence electrons. The minimum absolute atomic E-state index is 0.00480. The van der Waals surface area contributed by atoms with Gasteiger partial charge in [-0.2, -0.15) is 0 Å². The van der Waals surface area contributed by atoms with Crippen molar-refractivity contribution in [1.29, 1.82) is 0 Å². The highest BCUT2D eigenvalue weighted by molar-refractivity contribution is 9.10. The van der Waals surface area contributed by atoms with Crippen molar-refractivity contribution in [2.24, 2.45) is 0 Å². The summed E-state index contributed by atoms with van der Waals surface area (Å²) in [6.07, 6.45) is 0. The third kappa shape index (κ3) is 4.33. The molecule has 0 bridgehead atoms. The van der Waals surface area contributed by atoms with Gasteiger partial charge < -0.3 is 9.64 Å². The van der Waals surface area contributed by atoms with Crippen LogP contribution in [-0.4, -0.2) is 24.5 Å². The van der Waals surface area contributed by atoms with Gasteiger partial charge in [0.15, 0.2) is 0 Å². The van der Waals surface area contributed by atoms with Crippen LogP contribution in [-0.2, 0) is 6.54 Å². The predicted molar refractivity (Wildman–Crippen MR) is 87.6 cm³/mol. The van der Waals surface area contributed by atoms with Gasteiger partial charge in [0, 0.05) is 23.6 Å². The van der Waals surface area contributed by atoms with E-state index in [1.807, 2.05) is 55.5 Å². The first-order chi connectivity index (χ1) is 10.1. The number of ether oxygens (including phenoxy) is 1. The molecule has 0 N–H and O–H groups in total. The Morgan fingerprint density at radius 1 is 1.19 bits per heavy atom. The largest absolute Gasteiger partial charge is 0.494 e. The summed E-state index contributed by atoms with van der Waals surface area (Å²) in [6.45, 7) is 3.18. The highest BCUT2D eigenvalue weighted by Crippen LogP contribution is 2.16. The van der Waals surface area contributed by atoms with Gasteiger partial charge in [0.05, 0.1) is 6.61 Å². The maximum Gasteiger partial charge on any atom is 0.253 e. The normalized spacial score (nSPS) is 10.2. The van der Waals surface area contributed by atoms with Gasteiger partial charge in [-0.05, 0) is 42.8 Å². The quantitative estimate of drug-likeness (QED) is 0.814. The van der Waals surface area contributed by atoms with Crippen molar-refractivity contribution in [1.82, 2.24) is 4.90 Å². The molecule has 2 rings (SSSR count). The first-order valence-corrected chi connectivity index (χ1v) is 7.62. The van der Waals surface area contributed by atoms with Crippen LogP contribution in [0.4, 0.5) is 0 Å². The van der Waals surface area contributed by atoms with E-state index in [2.05, 4.69) is 15.9 Å². The fourth-order valence-corrected chi connectivity index (χ4v) is 2.44. The van der Waals surface area contributed by atoms with Crippen LogP contribution in [0.15, 0.2) is 53.0 Å². The van der Waals surface area contributed by atoms with Gasteiger partial charge in [0.25, 0.3) is 5.91 Å². The number of rotatable bonds is 5. The fourth-order valence-electron chi connectivity index (χ4n) is 2.05. The van der Waals surface area contributed by atoms with Gasteiger partial charge >= 0.3 is 0 Å². The van der Waals surface area contributed by atoms with Crippen molar-refractivity contribution in [2.75, 3.05) is 13.7 Å². The number of halogens is 1. The molecule has 0 aliphatic rings. The molecule has 0 heterocycles. The molecular weight excluding hydrogens is 330 g/mol. The van der Waals surface area contributed by atoms with Crippen LogP contribution in [0.25, 0.3) is 0 Å². The second kappa shape index (κ2) is 7.27. The third-order valence-corrected chi connectivity index (χ3v) is 3.57. The standard InChI is InChI=1S/C17H18BrNO2/c1-3-21-16-9-7-13(8-10-16)12-19(2)17(20)14-5-4-6-15(18)11-14/h4-11H,3,12H2,1-2H3. The Balaban J connectivity index is 2.03. The highest BCUT2D eigenvalue weighted by atomic mass is 79.9. The van der Waals surface area contributed by atoms with Crippen LogP contribution in [0.1, 0.15) is 22.8 Å². The number of carbonyl (C=O) groups is 1. The fraction of sp³-hybridized carbons (Fsp3) is 0.235. The molecule has 0 saturated carbocycles. The highest BCUT2D eigenvalue weighted by Gasteiger charge is 2.12. The zero-order chi connectivity index (χ0) is 15.2. The summed E-state index contributed by atoms with van der Waals surface area (Å²) in [5.74, 6) is 0.854. The minimum Gasteiger partial charge on any atom is -0.494 e. The van der Waals surface area contributed by atoms with Crippen LogP contribution in [0, 0.1) is 0 Å². The second-order valence-corrected chi connectivity index (χ2v) is 5.66. The minimum atomic E-state index is 0.00480. The van der Waals surface area contributed by atoms with Crippen LogP contribution < -0.4 is 4.74 Å². The number of hydrogen-bond donors (Lipinski definition) is 0. The van der Waals surface area contributed by atoms with Gasteiger partial charge in [-0.15, -0.1) is 0 Å². The van der Waals surface area contributed by atoms with Gasteiger partial charge in [-0.1, -0.05) is 34.1 Å². The second-order valence-electron chi connectivity index (χ2n) is 4.75. The molecule has 0 fully saturated rings. The first kappa shape index (κ1) is 15.6. The lowest BCUT2D eigenvalue weighted by atomic mass is 10.1. The lowest BCUT2D eigenvalue weighted by molar-refractivity contribution is 0.0785. The molecular formula is C17H18BrNO2. The zero-order valence-electron chi connectivity index (χ0n) is 12.2. The average Bonchev–Trinajstić information content (AvgIpc) is 2.48. The van der Waals surface area contributed by atoms with Crippen molar-refractivity contribution in [3.8, 4) is 5.75 Å². The Hall–Kier alpha value is -1.81. The predicted octanol–water partition coefficient (Wildman–Crippen LogP) is 4.12. The van der Waals surface area contributed by atoms with Crippen molar-refractivity contribution in [3.63, 3.8) is 0 Å². The van der Waals surface area contributed by atoms with E-state index in [0.717, 1.165) is 15.8 Å². The zero-order valence-corrected chi connectivity index (χ0v) is 13.8. The van der Waals surface area contributed by atoms with Crippen LogP contribution >= 0.6 is 15.9 Å². The average molecular weight is 348 g/mol. The molecule has 0 spiro atoms. The molecule has 2 aromatic rings. The summed E-state index contributed by atoms with van der Waals surface area (Å²) >= 11 is 3.38. The number of amides is 1.